The molecule has 0 N–H and O–H groups in total. The number of allylic oxidation sites excluding steroid dienone is 2. The summed E-state index contributed by atoms with van der Waals surface area (Å²) in [5.41, 5.74) is 3.64. The van der Waals surface area contributed by atoms with E-state index < -0.39 is 0 Å². The average Bonchev–Trinajstić information content (AvgIpc) is 2.71. The smallest absolute Gasteiger partial charge is 0.185 e. The Morgan fingerprint density at radius 1 is 0.750 bits per heavy atom. The Kier molecular flexibility index (Phi) is 5.55. The van der Waals surface area contributed by atoms with Gasteiger partial charge in [0, 0.05) is 21.2 Å². The lowest BCUT2D eigenvalue weighted by Crippen LogP contribution is -2.03. The summed E-state index contributed by atoms with van der Waals surface area (Å²) in [5.74, 6) is 0.132. The first-order valence-corrected chi connectivity index (χ1v) is 8.84. The number of carbonyl (C=O) groups excluding carboxylic acids is 1. The highest BCUT2D eigenvalue weighted by Gasteiger charge is 2.18. The summed E-state index contributed by atoms with van der Waals surface area (Å²) in [4.78, 5) is 12.9. The van der Waals surface area contributed by atoms with Crippen LogP contribution in [0.15, 0.2) is 59.7 Å². The minimum absolute atomic E-state index is 0.132. The van der Waals surface area contributed by atoms with Gasteiger partial charge in [-0.2, -0.15) is 0 Å². The minimum atomic E-state index is 0.132. The van der Waals surface area contributed by atoms with Gasteiger partial charge in [0.25, 0.3) is 0 Å². The van der Waals surface area contributed by atoms with Gasteiger partial charge in [0.2, 0.25) is 0 Å². The van der Waals surface area contributed by atoms with E-state index in [-0.39, 0.29) is 5.78 Å². The van der Waals surface area contributed by atoms with Gasteiger partial charge < -0.3 is 0 Å². The van der Waals surface area contributed by atoms with Crippen molar-refractivity contribution in [2.45, 2.75) is 25.7 Å². The molecule has 0 saturated heterocycles. The zero-order valence-electron chi connectivity index (χ0n) is 13.3. The van der Waals surface area contributed by atoms with Crippen molar-refractivity contribution in [1.82, 2.24) is 0 Å². The average molecular weight is 357 g/mol. The van der Waals surface area contributed by atoms with Crippen molar-refractivity contribution in [3.8, 4) is 0 Å². The molecule has 0 radical (unpaired) electrons. The maximum absolute atomic E-state index is 12.9. The van der Waals surface area contributed by atoms with Crippen LogP contribution in [-0.4, -0.2) is 5.78 Å². The number of ketones is 1. The molecule has 0 amide bonds. The predicted octanol–water partition coefficient (Wildman–Crippen LogP) is 6.60. The Hall–Kier alpha value is -1.83. The third-order valence-electron chi connectivity index (χ3n) is 4.10. The SMILES string of the molecule is O=C1/C(=C\c2cccc(Cl)c2)CCCC/C1=C\c1cccc(Cl)c1. The van der Waals surface area contributed by atoms with Crippen molar-refractivity contribution < 1.29 is 4.79 Å². The topological polar surface area (TPSA) is 17.1 Å². The van der Waals surface area contributed by atoms with E-state index in [0.717, 1.165) is 48.0 Å². The van der Waals surface area contributed by atoms with Crippen LogP contribution in [0.1, 0.15) is 36.8 Å². The number of benzene rings is 2. The molecule has 0 aromatic heterocycles. The van der Waals surface area contributed by atoms with Crippen molar-refractivity contribution in [2.24, 2.45) is 0 Å². The molecule has 1 fully saturated rings. The molecular formula is C21H18Cl2O. The maximum Gasteiger partial charge on any atom is 0.185 e. The van der Waals surface area contributed by atoms with E-state index >= 15 is 0 Å². The van der Waals surface area contributed by atoms with Crippen LogP contribution in [0, 0.1) is 0 Å². The Bertz CT molecular complexity index is 751. The van der Waals surface area contributed by atoms with Crippen LogP contribution in [-0.2, 0) is 4.79 Å². The number of halogens is 2. The summed E-state index contributed by atoms with van der Waals surface area (Å²) in [6, 6.07) is 15.2. The lowest BCUT2D eigenvalue weighted by Gasteiger charge is -2.06. The van der Waals surface area contributed by atoms with E-state index in [1.54, 1.807) is 0 Å². The molecule has 0 unspecified atom stereocenters. The summed E-state index contributed by atoms with van der Waals surface area (Å²) >= 11 is 12.1. The summed E-state index contributed by atoms with van der Waals surface area (Å²) < 4.78 is 0. The number of carbonyl (C=O) groups is 1. The minimum Gasteiger partial charge on any atom is -0.289 e. The molecular weight excluding hydrogens is 339 g/mol. The van der Waals surface area contributed by atoms with Crippen LogP contribution in [0.5, 0.6) is 0 Å². The first-order chi connectivity index (χ1) is 11.6. The second-order valence-corrected chi connectivity index (χ2v) is 6.86. The monoisotopic (exact) mass is 356 g/mol. The second kappa shape index (κ2) is 7.83. The first-order valence-electron chi connectivity index (χ1n) is 8.09. The Morgan fingerprint density at radius 3 is 1.62 bits per heavy atom. The van der Waals surface area contributed by atoms with Crippen LogP contribution in [0.2, 0.25) is 10.0 Å². The number of rotatable bonds is 2. The van der Waals surface area contributed by atoms with Gasteiger partial charge in [-0.3, -0.25) is 4.79 Å². The van der Waals surface area contributed by atoms with Crippen LogP contribution in [0.4, 0.5) is 0 Å². The third-order valence-corrected chi connectivity index (χ3v) is 4.57. The van der Waals surface area contributed by atoms with Crippen molar-refractivity contribution in [2.75, 3.05) is 0 Å². The van der Waals surface area contributed by atoms with Gasteiger partial charge in [-0.25, -0.2) is 0 Å². The van der Waals surface area contributed by atoms with Crippen molar-refractivity contribution >= 4 is 41.1 Å². The summed E-state index contributed by atoms with van der Waals surface area (Å²) in [7, 11) is 0. The van der Waals surface area contributed by atoms with Gasteiger partial charge in [0.15, 0.2) is 5.78 Å². The van der Waals surface area contributed by atoms with Gasteiger partial charge in [-0.05, 0) is 73.2 Å². The van der Waals surface area contributed by atoms with Crippen molar-refractivity contribution in [1.29, 1.82) is 0 Å². The van der Waals surface area contributed by atoms with Gasteiger partial charge in [-0.1, -0.05) is 47.5 Å². The van der Waals surface area contributed by atoms with Gasteiger partial charge in [0.05, 0.1) is 0 Å². The Labute approximate surface area is 152 Å². The largest absolute Gasteiger partial charge is 0.289 e. The maximum atomic E-state index is 12.9. The molecule has 122 valence electrons. The zero-order valence-corrected chi connectivity index (χ0v) is 14.8. The summed E-state index contributed by atoms with van der Waals surface area (Å²) in [6.07, 6.45) is 7.57. The number of hydrogen-bond acceptors (Lipinski definition) is 1. The van der Waals surface area contributed by atoms with Crippen molar-refractivity contribution in [3.05, 3.63) is 80.8 Å². The molecule has 1 aliphatic rings. The van der Waals surface area contributed by atoms with E-state index in [9.17, 15) is 4.79 Å². The highest BCUT2D eigenvalue weighted by molar-refractivity contribution is 6.31. The second-order valence-electron chi connectivity index (χ2n) is 5.99. The van der Waals surface area contributed by atoms with Crippen LogP contribution in [0.25, 0.3) is 12.2 Å². The molecule has 1 saturated carbocycles. The van der Waals surface area contributed by atoms with E-state index in [2.05, 4.69) is 0 Å². The molecule has 1 aliphatic carbocycles. The molecule has 24 heavy (non-hydrogen) atoms. The quantitative estimate of drug-likeness (QED) is 0.437. The lowest BCUT2D eigenvalue weighted by atomic mass is 9.98. The summed E-state index contributed by atoms with van der Waals surface area (Å²) in [5, 5.41) is 1.36. The molecule has 2 aromatic rings. The lowest BCUT2D eigenvalue weighted by molar-refractivity contribution is -0.112. The Morgan fingerprint density at radius 2 is 1.21 bits per heavy atom. The van der Waals surface area contributed by atoms with Crippen LogP contribution in [0.3, 0.4) is 0 Å². The standard InChI is InChI=1S/C21H18Cl2O/c22-19-9-3-5-15(13-19)11-17-7-1-2-8-18(21(17)24)12-16-6-4-10-20(23)14-16/h3-6,9-14H,1-2,7-8H2/b17-11-,18-12+. The van der Waals surface area contributed by atoms with Gasteiger partial charge in [-0.15, -0.1) is 0 Å². The molecule has 0 bridgehead atoms. The van der Waals surface area contributed by atoms with Crippen LogP contribution < -0.4 is 0 Å². The zero-order chi connectivity index (χ0) is 16.9. The summed E-state index contributed by atoms with van der Waals surface area (Å²) in [6.45, 7) is 0. The van der Waals surface area contributed by atoms with E-state index in [1.807, 2.05) is 60.7 Å². The highest BCUT2D eigenvalue weighted by Crippen LogP contribution is 2.28. The molecule has 3 heteroatoms. The fourth-order valence-electron chi connectivity index (χ4n) is 2.93. The number of Topliss-reactive ketones (excluding diaryl/α,β-unsaturated/α-hetero) is 1. The molecule has 0 spiro atoms. The number of hydrogen-bond donors (Lipinski definition) is 0. The Balaban J connectivity index is 1.93. The van der Waals surface area contributed by atoms with Crippen molar-refractivity contribution in [3.63, 3.8) is 0 Å². The van der Waals surface area contributed by atoms with Crippen LogP contribution >= 0.6 is 23.2 Å². The van der Waals surface area contributed by atoms with E-state index in [0.29, 0.717) is 10.0 Å². The van der Waals surface area contributed by atoms with E-state index in [1.165, 1.54) is 0 Å². The molecule has 3 rings (SSSR count). The molecule has 0 atom stereocenters. The molecule has 2 aromatic carbocycles. The fraction of sp³-hybridized carbons (Fsp3) is 0.190. The molecule has 0 aliphatic heterocycles. The highest BCUT2D eigenvalue weighted by atomic mass is 35.5. The fourth-order valence-corrected chi connectivity index (χ4v) is 3.33. The van der Waals surface area contributed by atoms with Gasteiger partial charge in [0.1, 0.15) is 0 Å². The molecule has 1 nitrogen and oxygen atoms in total. The predicted molar refractivity (Wildman–Crippen MR) is 102 cm³/mol. The third kappa shape index (κ3) is 4.37. The molecule has 0 heterocycles. The first kappa shape index (κ1) is 17.0. The normalized spacial score (nSPS) is 18.8. The van der Waals surface area contributed by atoms with Gasteiger partial charge >= 0.3 is 0 Å². The van der Waals surface area contributed by atoms with E-state index in [4.69, 9.17) is 23.2 Å².